The number of halogens is 1. The first-order chi connectivity index (χ1) is 5.70. The van der Waals surface area contributed by atoms with Crippen molar-refractivity contribution >= 4 is 11.8 Å². The third-order valence-electron chi connectivity index (χ3n) is 1.17. The summed E-state index contributed by atoms with van der Waals surface area (Å²) in [5, 5.41) is 10.6. The average molecular weight is 170 g/mol. The second-order valence-electron chi connectivity index (χ2n) is 2.08. The Bertz CT molecular complexity index is 290. The molecular formula is C7H7FN2O2. The molecule has 0 unspecified atom stereocenters. The lowest BCUT2D eigenvalue weighted by atomic mass is 10.4. The molecule has 2 N–H and O–H groups in total. The van der Waals surface area contributed by atoms with Gasteiger partial charge in [0.2, 0.25) is 0 Å². The molecule has 0 atom stereocenters. The fourth-order valence-corrected chi connectivity index (χ4v) is 0.675. The van der Waals surface area contributed by atoms with Gasteiger partial charge in [0.05, 0.1) is 0 Å². The van der Waals surface area contributed by atoms with E-state index in [1.807, 2.05) is 0 Å². The van der Waals surface area contributed by atoms with Crippen LogP contribution in [0.4, 0.5) is 10.2 Å². The number of carboxylic acid groups (broad SMARTS) is 1. The van der Waals surface area contributed by atoms with Crippen molar-refractivity contribution in [1.29, 1.82) is 0 Å². The van der Waals surface area contributed by atoms with Gasteiger partial charge in [0.15, 0.2) is 11.6 Å². The maximum atomic E-state index is 12.7. The molecule has 0 aliphatic carbocycles. The molecule has 0 radical (unpaired) electrons. The summed E-state index contributed by atoms with van der Waals surface area (Å²) in [6.07, 6.45) is 1.38. The van der Waals surface area contributed by atoms with Crippen molar-refractivity contribution < 1.29 is 14.3 Å². The van der Waals surface area contributed by atoms with Crippen LogP contribution < -0.4 is 5.32 Å². The first-order valence-corrected chi connectivity index (χ1v) is 3.26. The van der Waals surface area contributed by atoms with Gasteiger partial charge in [-0.25, -0.2) is 9.37 Å². The summed E-state index contributed by atoms with van der Waals surface area (Å²) in [7, 11) is 0. The van der Waals surface area contributed by atoms with Gasteiger partial charge in [0.25, 0.3) is 0 Å². The minimum Gasteiger partial charge on any atom is -0.480 e. The van der Waals surface area contributed by atoms with Gasteiger partial charge in [0, 0.05) is 6.20 Å². The van der Waals surface area contributed by atoms with Crippen molar-refractivity contribution in [1.82, 2.24) is 4.98 Å². The number of nitrogens with one attached hydrogen (secondary N) is 1. The number of nitrogens with zero attached hydrogens (tertiary/aromatic N) is 1. The van der Waals surface area contributed by atoms with Crippen LogP contribution in [-0.2, 0) is 4.79 Å². The lowest BCUT2D eigenvalue weighted by molar-refractivity contribution is -0.134. The van der Waals surface area contributed by atoms with Crippen molar-refractivity contribution in [3.8, 4) is 0 Å². The van der Waals surface area contributed by atoms with Crippen LogP contribution in [0.15, 0.2) is 18.3 Å². The Balaban J connectivity index is 2.63. The monoisotopic (exact) mass is 170 g/mol. The van der Waals surface area contributed by atoms with E-state index in [0.717, 1.165) is 0 Å². The van der Waals surface area contributed by atoms with Crippen molar-refractivity contribution in [2.75, 3.05) is 11.9 Å². The van der Waals surface area contributed by atoms with Gasteiger partial charge < -0.3 is 10.4 Å². The van der Waals surface area contributed by atoms with Crippen molar-refractivity contribution in [3.05, 3.63) is 24.1 Å². The zero-order chi connectivity index (χ0) is 8.97. The van der Waals surface area contributed by atoms with E-state index >= 15 is 0 Å². The SMILES string of the molecule is O=C(O)CNc1ncccc1F. The predicted molar refractivity (Wildman–Crippen MR) is 40.3 cm³/mol. The van der Waals surface area contributed by atoms with Crippen molar-refractivity contribution in [2.45, 2.75) is 0 Å². The Kier molecular flexibility index (Phi) is 2.57. The smallest absolute Gasteiger partial charge is 0.322 e. The van der Waals surface area contributed by atoms with E-state index in [0.29, 0.717) is 0 Å². The molecular weight excluding hydrogens is 163 g/mol. The van der Waals surface area contributed by atoms with Gasteiger partial charge >= 0.3 is 5.97 Å². The Morgan fingerprint density at radius 1 is 1.75 bits per heavy atom. The Morgan fingerprint density at radius 2 is 2.50 bits per heavy atom. The minimum atomic E-state index is -1.06. The van der Waals surface area contributed by atoms with Crippen LogP contribution in [0.2, 0.25) is 0 Å². The number of hydrogen-bond acceptors (Lipinski definition) is 3. The molecule has 0 amide bonds. The van der Waals surface area contributed by atoms with E-state index in [1.54, 1.807) is 0 Å². The first kappa shape index (κ1) is 8.45. The highest BCUT2D eigenvalue weighted by atomic mass is 19.1. The molecule has 1 aromatic rings. The zero-order valence-electron chi connectivity index (χ0n) is 6.12. The largest absolute Gasteiger partial charge is 0.480 e. The summed E-state index contributed by atoms with van der Waals surface area (Å²) in [5.41, 5.74) is 0. The predicted octanol–water partition coefficient (Wildman–Crippen LogP) is 0.717. The standard InChI is InChI=1S/C7H7FN2O2/c8-5-2-1-3-9-7(5)10-4-6(11)12/h1-3H,4H2,(H,9,10)(H,11,12). The Labute approximate surface area is 68.1 Å². The number of carbonyl (C=O) groups is 1. The number of rotatable bonds is 3. The maximum Gasteiger partial charge on any atom is 0.322 e. The number of carboxylic acids is 1. The molecule has 4 nitrogen and oxygen atoms in total. The second-order valence-corrected chi connectivity index (χ2v) is 2.08. The number of aliphatic carboxylic acids is 1. The summed E-state index contributed by atoms with van der Waals surface area (Å²) >= 11 is 0. The lowest BCUT2D eigenvalue weighted by Crippen LogP contribution is -2.14. The summed E-state index contributed by atoms with van der Waals surface area (Å²) in [6, 6.07) is 2.64. The van der Waals surface area contributed by atoms with Gasteiger partial charge in [-0.15, -0.1) is 0 Å². The first-order valence-electron chi connectivity index (χ1n) is 3.26. The molecule has 1 rings (SSSR count). The van der Waals surface area contributed by atoms with Crippen LogP contribution in [0.25, 0.3) is 0 Å². The highest BCUT2D eigenvalue weighted by molar-refractivity contribution is 5.72. The van der Waals surface area contributed by atoms with Crippen LogP contribution in [0.1, 0.15) is 0 Å². The average Bonchev–Trinajstić information content (AvgIpc) is 2.03. The molecule has 0 spiro atoms. The molecule has 0 aliphatic heterocycles. The zero-order valence-corrected chi connectivity index (χ0v) is 6.12. The number of pyridine rings is 1. The van der Waals surface area contributed by atoms with E-state index in [9.17, 15) is 9.18 Å². The summed E-state index contributed by atoms with van der Waals surface area (Å²) < 4.78 is 12.7. The molecule has 0 aromatic carbocycles. The molecule has 1 heterocycles. The van der Waals surface area contributed by atoms with Gasteiger partial charge in [0.1, 0.15) is 6.54 Å². The third kappa shape index (κ3) is 2.19. The van der Waals surface area contributed by atoms with Crippen LogP contribution in [0.3, 0.4) is 0 Å². The molecule has 0 aliphatic rings. The topological polar surface area (TPSA) is 62.2 Å². The third-order valence-corrected chi connectivity index (χ3v) is 1.17. The molecule has 1 aromatic heterocycles. The fraction of sp³-hybridized carbons (Fsp3) is 0.143. The lowest BCUT2D eigenvalue weighted by Gasteiger charge is -2.01. The van der Waals surface area contributed by atoms with Gasteiger partial charge in [-0.3, -0.25) is 4.79 Å². The van der Waals surface area contributed by atoms with Crippen molar-refractivity contribution in [3.63, 3.8) is 0 Å². The summed E-state index contributed by atoms with van der Waals surface area (Å²) in [4.78, 5) is 13.7. The molecule has 0 saturated heterocycles. The normalized spacial score (nSPS) is 9.42. The van der Waals surface area contributed by atoms with E-state index in [4.69, 9.17) is 5.11 Å². The maximum absolute atomic E-state index is 12.7. The number of hydrogen-bond donors (Lipinski definition) is 2. The van der Waals surface area contributed by atoms with Crippen LogP contribution in [-0.4, -0.2) is 22.6 Å². The van der Waals surface area contributed by atoms with Gasteiger partial charge in [-0.1, -0.05) is 0 Å². The molecule has 0 fully saturated rings. The van der Waals surface area contributed by atoms with Crippen LogP contribution >= 0.6 is 0 Å². The van der Waals surface area contributed by atoms with E-state index in [2.05, 4.69) is 10.3 Å². The summed E-state index contributed by atoms with van der Waals surface area (Å²) in [6.45, 7) is -0.339. The van der Waals surface area contributed by atoms with E-state index < -0.39 is 11.8 Å². The molecule has 0 bridgehead atoms. The molecule has 64 valence electrons. The fourth-order valence-electron chi connectivity index (χ4n) is 0.675. The van der Waals surface area contributed by atoms with Crippen molar-refractivity contribution in [2.24, 2.45) is 0 Å². The van der Waals surface area contributed by atoms with E-state index in [1.165, 1.54) is 18.3 Å². The highest BCUT2D eigenvalue weighted by Crippen LogP contribution is 2.06. The Morgan fingerprint density at radius 3 is 3.08 bits per heavy atom. The van der Waals surface area contributed by atoms with Crippen LogP contribution in [0, 0.1) is 5.82 Å². The molecule has 0 saturated carbocycles. The Hall–Kier alpha value is -1.65. The van der Waals surface area contributed by atoms with E-state index in [-0.39, 0.29) is 12.4 Å². The number of aromatic nitrogens is 1. The summed E-state index contributed by atoms with van der Waals surface area (Å²) in [5.74, 6) is -1.65. The molecule has 12 heavy (non-hydrogen) atoms. The number of anilines is 1. The van der Waals surface area contributed by atoms with Gasteiger partial charge in [-0.05, 0) is 12.1 Å². The minimum absolute atomic E-state index is 0.0418. The highest BCUT2D eigenvalue weighted by Gasteiger charge is 2.02. The second kappa shape index (κ2) is 3.66. The quantitative estimate of drug-likeness (QED) is 0.701. The van der Waals surface area contributed by atoms with Gasteiger partial charge in [-0.2, -0.15) is 0 Å². The molecule has 5 heteroatoms. The van der Waals surface area contributed by atoms with Crippen LogP contribution in [0.5, 0.6) is 0 Å².